The molecule has 0 amide bonds. The second-order valence-corrected chi connectivity index (χ2v) is 3.43. The first-order chi connectivity index (χ1) is 5.27. The molecule has 1 aromatic rings. The molecule has 0 spiro atoms. The van der Waals surface area contributed by atoms with Crippen molar-refractivity contribution in [1.82, 2.24) is 0 Å². The summed E-state index contributed by atoms with van der Waals surface area (Å²) in [6.07, 6.45) is 0. The maximum atomic E-state index is 5.91. The Bertz CT molecular complexity index is 250. The Balaban J connectivity index is 3.02. The Morgan fingerprint density at radius 2 is 2.18 bits per heavy atom. The van der Waals surface area contributed by atoms with E-state index in [1.54, 1.807) is 0 Å². The topological polar surface area (TPSA) is 26.0 Å². The number of hydrogen-bond acceptors (Lipinski definition) is 1. The summed E-state index contributed by atoms with van der Waals surface area (Å²) in [4.78, 5) is 0. The van der Waals surface area contributed by atoms with Crippen molar-refractivity contribution in [3.63, 3.8) is 0 Å². The van der Waals surface area contributed by atoms with Crippen molar-refractivity contribution in [2.45, 2.75) is 11.0 Å². The highest BCUT2D eigenvalue weighted by molar-refractivity contribution is 14.1. The van der Waals surface area contributed by atoms with E-state index in [4.69, 9.17) is 17.3 Å². The van der Waals surface area contributed by atoms with Gasteiger partial charge in [0, 0.05) is 16.0 Å². The number of benzene rings is 1. The summed E-state index contributed by atoms with van der Waals surface area (Å²) in [5.74, 6) is 0. The van der Waals surface area contributed by atoms with E-state index in [2.05, 4.69) is 28.7 Å². The van der Waals surface area contributed by atoms with Crippen LogP contribution in [0, 0.1) is 0 Å². The molecule has 0 aliphatic carbocycles. The Morgan fingerprint density at radius 3 is 2.73 bits per heavy atom. The van der Waals surface area contributed by atoms with Crippen molar-refractivity contribution >= 4 is 34.2 Å². The lowest BCUT2D eigenvalue weighted by Crippen LogP contribution is -1.96. The lowest BCUT2D eigenvalue weighted by Gasteiger charge is -2.02. The van der Waals surface area contributed by atoms with Crippen LogP contribution in [0.4, 0.5) is 0 Å². The SMILES string of the molecule is NCc1ccc(Cl)c(CI)c1. The zero-order valence-electron chi connectivity index (χ0n) is 5.98. The number of rotatable bonds is 2. The minimum Gasteiger partial charge on any atom is -0.326 e. The summed E-state index contributed by atoms with van der Waals surface area (Å²) in [7, 11) is 0. The fourth-order valence-corrected chi connectivity index (χ4v) is 1.90. The van der Waals surface area contributed by atoms with Crippen LogP contribution in [-0.2, 0) is 11.0 Å². The highest BCUT2D eigenvalue weighted by atomic mass is 127. The van der Waals surface area contributed by atoms with Crippen molar-refractivity contribution in [2.75, 3.05) is 0 Å². The van der Waals surface area contributed by atoms with Crippen LogP contribution in [0.1, 0.15) is 11.1 Å². The molecule has 0 bridgehead atoms. The van der Waals surface area contributed by atoms with Crippen molar-refractivity contribution in [2.24, 2.45) is 5.73 Å². The molecule has 0 saturated carbocycles. The Hall–Kier alpha value is 0.200. The predicted octanol–water partition coefficient (Wildman–Crippen LogP) is 2.73. The molecular weight excluding hydrogens is 272 g/mol. The fraction of sp³-hybridized carbons (Fsp3) is 0.250. The van der Waals surface area contributed by atoms with Gasteiger partial charge in [-0.15, -0.1) is 0 Å². The normalized spacial score (nSPS) is 10.1. The molecule has 0 heterocycles. The first kappa shape index (κ1) is 9.29. The Kier molecular flexibility index (Phi) is 3.62. The first-order valence-corrected chi connectivity index (χ1v) is 5.21. The minimum absolute atomic E-state index is 0.584. The van der Waals surface area contributed by atoms with Gasteiger partial charge in [-0.3, -0.25) is 0 Å². The third-order valence-electron chi connectivity index (χ3n) is 1.49. The van der Waals surface area contributed by atoms with Crippen LogP contribution in [0.25, 0.3) is 0 Å². The van der Waals surface area contributed by atoms with Gasteiger partial charge in [-0.1, -0.05) is 46.3 Å². The minimum atomic E-state index is 0.584. The van der Waals surface area contributed by atoms with Crippen LogP contribution in [-0.4, -0.2) is 0 Å². The second-order valence-electron chi connectivity index (χ2n) is 2.26. The highest BCUT2D eigenvalue weighted by Gasteiger charge is 1.98. The third-order valence-corrected chi connectivity index (χ3v) is 2.68. The van der Waals surface area contributed by atoms with Crippen LogP contribution in [0.5, 0.6) is 0 Å². The molecule has 1 nitrogen and oxygen atoms in total. The van der Waals surface area contributed by atoms with Crippen LogP contribution in [0.3, 0.4) is 0 Å². The van der Waals surface area contributed by atoms with Gasteiger partial charge in [0.1, 0.15) is 0 Å². The molecule has 0 atom stereocenters. The van der Waals surface area contributed by atoms with Gasteiger partial charge in [0.2, 0.25) is 0 Å². The third kappa shape index (κ3) is 2.32. The van der Waals surface area contributed by atoms with Gasteiger partial charge < -0.3 is 5.73 Å². The van der Waals surface area contributed by atoms with Crippen LogP contribution < -0.4 is 5.73 Å². The maximum absolute atomic E-state index is 5.91. The Morgan fingerprint density at radius 1 is 1.45 bits per heavy atom. The van der Waals surface area contributed by atoms with Gasteiger partial charge in [-0.25, -0.2) is 0 Å². The van der Waals surface area contributed by atoms with E-state index < -0.39 is 0 Å². The zero-order valence-corrected chi connectivity index (χ0v) is 8.89. The summed E-state index contributed by atoms with van der Waals surface area (Å²) < 4.78 is 0.935. The molecule has 60 valence electrons. The summed E-state index contributed by atoms with van der Waals surface area (Å²) in [5, 5.41) is 0.830. The molecule has 3 heteroatoms. The van der Waals surface area contributed by atoms with E-state index >= 15 is 0 Å². The zero-order chi connectivity index (χ0) is 8.27. The van der Waals surface area contributed by atoms with Crippen LogP contribution in [0.15, 0.2) is 18.2 Å². The molecule has 0 unspecified atom stereocenters. The van der Waals surface area contributed by atoms with E-state index in [1.165, 1.54) is 0 Å². The summed E-state index contributed by atoms with van der Waals surface area (Å²) in [5.41, 5.74) is 7.78. The largest absolute Gasteiger partial charge is 0.326 e. The van der Waals surface area contributed by atoms with E-state index in [-0.39, 0.29) is 0 Å². The van der Waals surface area contributed by atoms with Crippen LogP contribution in [0.2, 0.25) is 5.02 Å². The molecule has 2 N–H and O–H groups in total. The molecule has 0 fully saturated rings. The standard InChI is InChI=1S/C8H9ClIN/c9-8-2-1-6(5-11)3-7(8)4-10/h1-3H,4-5,11H2. The van der Waals surface area contributed by atoms with E-state index in [0.29, 0.717) is 6.54 Å². The van der Waals surface area contributed by atoms with Gasteiger partial charge in [-0.2, -0.15) is 0 Å². The molecule has 0 saturated heterocycles. The molecule has 0 aromatic heterocycles. The van der Waals surface area contributed by atoms with E-state index in [0.717, 1.165) is 20.6 Å². The van der Waals surface area contributed by atoms with E-state index in [1.807, 2.05) is 12.1 Å². The maximum Gasteiger partial charge on any atom is 0.0446 e. The van der Waals surface area contributed by atoms with Crippen LogP contribution >= 0.6 is 34.2 Å². The molecule has 0 radical (unpaired) electrons. The number of halogens is 2. The lowest BCUT2D eigenvalue weighted by molar-refractivity contribution is 1.07. The predicted molar refractivity (Wildman–Crippen MR) is 57.1 cm³/mol. The summed E-state index contributed by atoms with van der Waals surface area (Å²) >= 11 is 8.19. The quantitative estimate of drug-likeness (QED) is 0.655. The smallest absolute Gasteiger partial charge is 0.0446 e. The van der Waals surface area contributed by atoms with Gasteiger partial charge in [-0.05, 0) is 17.2 Å². The monoisotopic (exact) mass is 281 g/mol. The van der Waals surface area contributed by atoms with Crippen molar-refractivity contribution in [3.05, 3.63) is 34.3 Å². The second kappa shape index (κ2) is 4.28. The number of hydrogen-bond donors (Lipinski definition) is 1. The van der Waals surface area contributed by atoms with Gasteiger partial charge in [0.15, 0.2) is 0 Å². The molecule has 11 heavy (non-hydrogen) atoms. The van der Waals surface area contributed by atoms with Gasteiger partial charge in [0.05, 0.1) is 0 Å². The Labute approximate surface area is 85.1 Å². The number of alkyl halides is 1. The fourth-order valence-electron chi connectivity index (χ4n) is 0.857. The molecule has 0 aliphatic rings. The van der Waals surface area contributed by atoms with E-state index in [9.17, 15) is 0 Å². The van der Waals surface area contributed by atoms with Gasteiger partial charge >= 0.3 is 0 Å². The lowest BCUT2D eigenvalue weighted by atomic mass is 10.1. The van der Waals surface area contributed by atoms with Gasteiger partial charge in [0.25, 0.3) is 0 Å². The first-order valence-electron chi connectivity index (χ1n) is 3.31. The molecule has 0 aliphatic heterocycles. The van der Waals surface area contributed by atoms with Crippen molar-refractivity contribution < 1.29 is 0 Å². The average molecular weight is 282 g/mol. The number of nitrogens with two attached hydrogens (primary N) is 1. The summed E-state index contributed by atoms with van der Waals surface area (Å²) in [6.45, 7) is 0.584. The molecule has 1 aromatic carbocycles. The van der Waals surface area contributed by atoms with Crippen molar-refractivity contribution in [1.29, 1.82) is 0 Å². The summed E-state index contributed by atoms with van der Waals surface area (Å²) in [6, 6.07) is 5.91. The molecule has 1 rings (SSSR count). The van der Waals surface area contributed by atoms with Crippen molar-refractivity contribution in [3.8, 4) is 0 Å². The molecular formula is C8H9ClIN. The average Bonchev–Trinajstić information content (AvgIpc) is 2.05. The highest BCUT2D eigenvalue weighted by Crippen LogP contribution is 2.19.